The summed E-state index contributed by atoms with van der Waals surface area (Å²) in [6.45, 7) is 0.454. The predicted octanol–water partition coefficient (Wildman–Crippen LogP) is 5.65. The van der Waals surface area contributed by atoms with Gasteiger partial charge in [0.1, 0.15) is 11.9 Å². The quantitative estimate of drug-likeness (QED) is 0.599. The van der Waals surface area contributed by atoms with E-state index in [1.807, 2.05) is 0 Å². The molecule has 1 fully saturated rings. The fourth-order valence-electron chi connectivity index (χ4n) is 3.04. The first-order valence-electron chi connectivity index (χ1n) is 7.92. The van der Waals surface area contributed by atoms with Gasteiger partial charge < -0.3 is 4.74 Å². The van der Waals surface area contributed by atoms with Crippen LogP contribution in [-0.2, 0) is 4.74 Å². The van der Waals surface area contributed by atoms with Gasteiger partial charge in [-0.15, -0.1) is 0 Å². The van der Waals surface area contributed by atoms with Gasteiger partial charge in [-0.2, -0.15) is 0 Å². The van der Waals surface area contributed by atoms with E-state index in [1.54, 1.807) is 48.6 Å². The van der Waals surface area contributed by atoms with E-state index >= 15 is 0 Å². The molecule has 3 unspecified atom stereocenters. The molecule has 0 spiro atoms. The molecule has 1 aliphatic heterocycles. The minimum absolute atomic E-state index is 0.284. The number of epoxide rings is 1. The first-order valence-corrected chi connectivity index (χ1v) is 8.71. The van der Waals surface area contributed by atoms with Gasteiger partial charge in [-0.05, 0) is 34.4 Å². The van der Waals surface area contributed by atoms with Crippen LogP contribution >= 0.6 is 15.9 Å². The molecule has 1 aliphatic carbocycles. The van der Waals surface area contributed by atoms with Crippen molar-refractivity contribution in [1.29, 1.82) is 0 Å². The van der Waals surface area contributed by atoms with E-state index in [0.717, 1.165) is 0 Å². The van der Waals surface area contributed by atoms with Crippen LogP contribution in [0.4, 0.5) is 13.2 Å². The van der Waals surface area contributed by atoms with Crippen LogP contribution in [0.2, 0.25) is 0 Å². The van der Waals surface area contributed by atoms with Crippen LogP contribution in [0.1, 0.15) is 5.56 Å². The zero-order valence-corrected chi connectivity index (χ0v) is 14.6. The molecule has 2 aromatic carbocycles. The number of alkyl halides is 2. The zero-order valence-electron chi connectivity index (χ0n) is 13.1. The summed E-state index contributed by atoms with van der Waals surface area (Å²) in [5.74, 6) is -0.344. The zero-order chi connectivity index (χ0) is 17.6. The standard InChI is InChI=1S/C20H14BrF3O/c21-13-5-6-14(17(22)9-13)11-1-3-12(4-2-11)15-7-8-16(18-10-25-18)20(24)19(15)23/h1-9,18-20H,10H2. The Balaban J connectivity index is 1.64. The Bertz CT molecular complexity index is 869. The van der Waals surface area contributed by atoms with E-state index in [4.69, 9.17) is 4.74 Å². The van der Waals surface area contributed by atoms with Crippen LogP contribution in [0.5, 0.6) is 0 Å². The van der Waals surface area contributed by atoms with Crippen LogP contribution in [-0.4, -0.2) is 25.1 Å². The van der Waals surface area contributed by atoms with Gasteiger partial charge in [0.05, 0.1) is 6.61 Å². The van der Waals surface area contributed by atoms with E-state index in [1.165, 1.54) is 6.07 Å². The van der Waals surface area contributed by atoms with Gasteiger partial charge in [0.15, 0.2) is 12.3 Å². The highest BCUT2D eigenvalue weighted by molar-refractivity contribution is 9.10. The molecular formula is C20H14BrF3O. The van der Waals surface area contributed by atoms with Crippen LogP contribution < -0.4 is 0 Å². The van der Waals surface area contributed by atoms with Crippen molar-refractivity contribution in [2.75, 3.05) is 6.61 Å². The smallest absolute Gasteiger partial charge is 0.161 e. The van der Waals surface area contributed by atoms with E-state index in [-0.39, 0.29) is 11.9 Å². The van der Waals surface area contributed by atoms with Crippen molar-refractivity contribution in [1.82, 2.24) is 0 Å². The van der Waals surface area contributed by atoms with Crippen LogP contribution in [0.3, 0.4) is 0 Å². The van der Waals surface area contributed by atoms with E-state index in [9.17, 15) is 13.2 Å². The van der Waals surface area contributed by atoms with Crippen LogP contribution in [0.15, 0.2) is 64.7 Å². The number of benzene rings is 2. The minimum Gasteiger partial charge on any atom is -0.368 e. The molecule has 0 aromatic heterocycles. The van der Waals surface area contributed by atoms with Gasteiger partial charge in [0, 0.05) is 10.0 Å². The Morgan fingerprint density at radius 1 is 0.920 bits per heavy atom. The molecule has 5 heteroatoms. The lowest BCUT2D eigenvalue weighted by Crippen LogP contribution is -2.26. The lowest BCUT2D eigenvalue weighted by molar-refractivity contribution is 0.231. The molecule has 25 heavy (non-hydrogen) atoms. The lowest BCUT2D eigenvalue weighted by atomic mass is 9.88. The molecule has 1 heterocycles. The second-order valence-corrected chi connectivity index (χ2v) is 7.03. The maximum Gasteiger partial charge on any atom is 0.161 e. The Hall–Kier alpha value is -1.85. The van der Waals surface area contributed by atoms with Crippen molar-refractivity contribution in [3.8, 4) is 11.1 Å². The third kappa shape index (κ3) is 3.18. The molecule has 0 saturated carbocycles. The number of hydrogen-bond acceptors (Lipinski definition) is 1. The van der Waals surface area contributed by atoms with Crippen LogP contribution in [0, 0.1) is 5.82 Å². The molecule has 2 aromatic rings. The summed E-state index contributed by atoms with van der Waals surface area (Å²) < 4.78 is 48.5. The average Bonchev–Trinajstić information content (AvgIpc) is 3.43. The van der Waals surface area contributed by atoms with Gasteiger partial charge in [-0.25, -0.2) is 13.2 Å². The number of hydrogen-bond donors (Lipinski definition) is 0. The molecule has 128 valence electrons. The number of halogens is 4. The fraction of sp³-hybridized carbons (Fsp3) is 0.200. The highest BCUT2D eigenvalue weighted by atomic mass is 79.9. The fourth-order valence-corrected chi connectivity index (χ4v) is 3.38. The normalized spacial score (nSPS) is 25.4. The van der Waals surface area contributed by atoms with Gasteiger partial charge in [0.25, 0.3) is 0 Å². The summed E-state index contributed by atoms with van der Waals surface area (Å²) in [7, 11) is 0. The van der Waals surface area contributed by atoms with Crippen molar-refractivity contribution in [3.05, 3.63) is 76.0 Å². The average molecular weight is 407 g/mol. The van der Waals surface area contributed by atoms with Crippen molar-refractivity contribution < 1.29 is 17.9 Å². The summed E-state index contributed by atoms with van der Waals surface area (Å²) in [4.78, 5) is 0. The van der Waals surface area contributed by atoms with Crippen molar-refractivity contribution in [3.63, 3.8) is 0 Å². The number of allylic oxidation sites excluding steroid dienone is 3. The summed E-state index contributed by atoms with van der Waals surface area (Å²) in [6, 6.07) is 11.6. The molecule has 3 atom stereocenters. The predicted molar refractivity (Wildman–Crippen MR) is 95.1 cm³/mol. The van der Waals surface area contributed by atoms with E-state index in [2.05, 4.69) is 15.9 Å². The summed E-state index contributed by atoms with van der Waals surface area (Å²) in [6.07, 6.45) is -0.479. The Labute approximate surface area is 151 Å². The molecular weight excluding hydrogens is 393 g/mol. The molecule has 2 aliphatic rings. The minimum atomic E-state index is -1.72. The molecule has 0 bridgehead atoms. The summed E-state index contributed by atoms with van der Waals surface area (Å²) in [5.41, 5.74) is 2.38. The molecule has 1 nitrogen and oxygen atoms in total. The third-order valence-corrected chi connectivity index (χ3v) is 4.99. The molecule has 0 radical (unpaired) electrons. The SMILES string of the molecule is Fc1cc(Br)ccc1-c1ccc(C2=CC=C(C3CO3)C(F)C2F)cc1. The monoisotopic (exact) mass is 406 g/mol. The largest absolute Gasteiger partial charge is 0.368 e. The number of ether oxygens (including phenoxy) is 1. The maximum absolute atomic E-state index is 14.5. The Morgan fingerprint density at radius 2 is 1.60 bits per heavy atom. The topological polar surface area (TPSA) is 12.5 Å². The third-order valence-electron chi connectivity index (χ3n) is 4.49. The van der Waals surface area contributed by atoms with Gasteiger partial charge >= 0.3 is 0 Å². The van der Waals surface area contributed by atoms with Crippen molar-refractivity contribution in [2.45, 2.75) is 18.4 Å². The van der Waals surface area contributed by atoms with Crippen LogP contribution in [0.25, 0.3) is 16.7 Å². The molecule has 0 amide bonds. The Kier molecular flexibility index (Phi) is 4.29. The van der Waals surface area contributed by atoms with Gasteiger partial charge in [-0.3, -0.25) is 0 Å². The highest BCUT2D eigenvalue weighted by Crippen LogP contribution is 2.37. The van der Waals surface area contributed by atoms with Gasteiger partial charge in [0.2, 0.25) is 0 Å². The highest BCUT2D eigenvalue weighted by Gasteiger charge is 2.39. The van der Waals surface area contributed by atoms with E-state index < -0.39 is 12.3 Å². The van der Waals surface area contributed by atoms with E-state index in [0.29, 0.717) is 38.9 Å². The van der Waals surface area contributed by atoms with Crippen molar-refractivity contribution in [2.24, 2.45) is 0 Å². The maximum atomic E-state index is 14.5. The summed E-state index contributed by atoms with van der Waals surface area (Å²) >= 11 is 3.23. The summed E-state index contributed by atoms with van der Waals surface area (Å²) in [5, 5.41) is 0. The lowest BCUT2D eigenvalue weighted by Gasteiger charge is -2.22. The second-order valence-electron chi connectivity index (χ2n) is 6.12. The molecule has 0 N–H and O–H groups in total. The number of rotatable bonds is 3. The second kappa shape index (κ2) is 6.46. The molecule has 4 rings (SSSR count). The van der Waals surface area contributed by atoms with Crippen molar-refractivity contribution >= 4 is 21.5 Å². The van der Waals surface area contributed by atoms with Gasteiger partial charge in [-0.1, -0.05) is 58.4 Å². The Morgan fingerprint density at radius 3 is 2.24 bits per heavy atom. The first-order chi connectivity index (χ1) is 12.0. The first kappa shape index (κ1) is 16.6. The molecule has 1 saturated heterocycles.